The predicted molar refractivity (Wildman–Crippen MR) is 103 cm³/mol. The molecule has 2 fully saturated rings. The Morgan fingerprint density at radius 3 is 2.89 bits per heavy atom. The van der Waals surface area contributed by atoms with Crippen LogP contribution in [0, 0.1) is 6.92 Å². The molecular formula is C19H27N5O3. The van der Waals surface area contributed by atoms with Gasteiger partial charge in [0, 0.05) is 25.3 Å². The maximum absolute atomic E-state index is 12.6. The second kappa shape index (κ2) is 7.72. The molecule has 0 radical (unpaired) electrons. The van der Waals surface area contributed by atoms with Crippen LogP contribution in [0.4, 0.5) is 11.8 Å². The first-order chi connectivity index (χ1) is 13.2. The first-order valence-corrected chi connectivity index (χ1v) is 9.80. The summed E-state index contributed by atoms with van der Waals surface area (Å²) in [6.07, 6.45) is 2.86. The van der Waals surface area contributed by atoms with E-state index in [4.69, 9.17) is 19.4 Å². The van der Waals surface area contributed by atoms with Crippen molar-refractivity contribution >= 4 is 28.8 Å². The maximum atomic E-state index is 12.6. The molecule has 1 atom stereocenters. The maximum Gasteiger partial charge on any atom is 0.328 e. The summed E-state index contributed by atoms with van der Waals surface area (Å²) >= 11 is 0. The lowest BCUT2D eigenvalue weighted by atomic mass is 10.0. The summed E-state index contributed by atoms with van der Waals surface area (Å²) in [5.74, 6) is 1.35. The highest BCUT2D eigenvalue weighted by molar-refractivity contribution is 5.92. The fraction of sp³-hybridized carbons (Fsp3) is 0.632. The highest BCUT2D eigenvalue weighted by Gasteiger charge is 2.33. The number of aromatic nitrogens is 3. The van der Waals surface area contributed by atoms with Crippen molar-refractivity contribution in [3.8, 4) is 0 Å². The van der Waals surface area contributed by atoms with E-state index in [-0.39, 0.29) is 12.0 Å². The van der Waals surface area contributed by atoms with Gasteiger partial charge >= 0.3 is 5.97 Å². The van der Waals surface area contributed by atoms with E-state index in [0.717, 1.165) is 61.4 Å². The van der Waals surface area contributed by atoms with Crippen LogP contribution in [0.2, 0.25) is 0 Å². The molecule has 2 aromatic rings. The third kappa shape index (κ3) is 3.58. The van der Waals surface area contributed by atoms with Crippen LogP contribution in [0.25, 0.3) is 11.0 Å². The molecule has 8 heteroatoms. The number of carbonyl (C=O) groups is 1. The van der Waals surface area contributed by atoms with Crippen molar-refractivity contribution in [2.75, 3.05) is 49.3 Å². The smallest absolute Gasteiger partial charge is 0.328 e. The van der Waals surface area contributed by atoms with Crippen LogP contribution in [-0.2, 0) is 14.3 Å². The summed E-state index contributed by atoms with van der Waals surface area (Å²) in [7, 11) is 0. The number of H-pyrrole nitrogens is 1. The third-order valence-corrected chi connectivity index (χ3v) is 5.22. The zero-order chi connectivity index (χ0) is 18.8. The second-order valence-electron chi connectivity index (χ2n) is 7.12. The van der Waals surface area contributed by atoms with Crippen LogP contribution in [0.15, 0.2) is 6.07 Å². The Hall–Kier alpha value is -2.35. The topological polar surface area (TPSA) is 83.6 Å². The van der Waals surface area contributed by atoms with Gasteiger partial charge in [0.1, 0.15) is 17.5 Å². The van der Waals surface area contributed by atoms with Crippen LogP contribution >= 0.6 is 0 Å². The summed E-state index contributed by atoms with van der Waals surface area (Å²) in [6.45, 7) is 7.94. The molecule has 0 aliphatic carbocycles. The lowest BCUT2D eigenvalue weighted by Crippen LogP contribution is -2.46. The first kappa shape index (κ1) is 18.0. The molecule has 8 nitrogen and oxygen atoms in total. The van der Waals surface area contributed by atoms with Crippen molar-refractivity contribution in [2.24, 2.45) is 0 Å². The number of carbonyl (C=O) groups excluding carboxylic acids is 1. The minimum atomic E-state index is -0.287. The van der Waals surface area contributed by atoms with Crippen LogP contribution in [0.1, 0.15) is 31.9 Å². The molecule has 0 saturated carbocycles. The van der Waals surface area contributed by atoms with Crippen molar-refractivity contribution in [3.05, 3.63) is 11.8 Å². The van der Waals surface area contributed by atoms with Gasteiger partial charge in [-0.05, 0) is 39.2 Å². The molecule has 1 unspecified atom stereocenters. The Labute approximate surface area is 158 Å². The van der Waals surface area contributed by atoms with E-state index in [1.165, 1.54) is 0 Å². The predicted octanol–water partition coefficient (Wildman–Crippen LogP) is 2.02. The standard InChI is InChI=1S/C19H27N5O3/c1-3-27-18(25)15-6-4-5-7-24(15)17-14-12-13(2)20-16(14)21-19(22-17)23-8-10-26-11-9-23/h12,15H,3-11H2,1-2H3,(H,20,21,22). The van der Waals surface area contributed by atoms with Crippen LogP contribution in [0.5, 0.6) is 0 Å². The lowest BCUT2D eigenvalue weighted by Gasteiger charge is -2.36. The molecule has 0 bridgehead atoms. The molecule has 4 rings (SSSR count). The van der Waals surface area contributed by atoms with E-state index in [0.29, 0.717) is 25.8 Å². The van der Waals surface area contributed by atoms with Gasteiger partial charge in [0.15, 0.2) is 0 Å². The van der Waals surface area contributed by atoms with Gasteiger partial charge in [-0.3, -0.25) is 0 Å². The fourth-order valence-electron chi connectivity index (χ4n) is 3.91. The summed E-state index contributed by atoms with van der Waals surface area (Å²) in [6, 6.07) is 1.77. The van der Waals surface area contributed by atoms with Crippen molar-refractivity contribution in [1.82, 2.24) is 15.0 Å². The van der Waals surface area contributed by atoms with E-state index >= 15 is 0 Å². The Balaban J connectivity index is 1.77. The Bertz CT molecular complexity index is 815. The molecule has 1 N–H and O–H groups in total. The van der Waals surface area contributed by atoms with Gasteiger partial charge < -0.3 is 24.3 Å². The number of esters is 1. The number of morpholine rings is 1. The number of fused-ring (bicyclic) bond motifs is 1. The van der Waals surface area contributed by atoms with Gasteiger partial charge in [-0.2, -0.15) is 9.97 Å². The summed E-state index contributed by atoms with van der Waals surface area (Å²) < 4.78 is 10.8. The summed E-state index contributed by atoms with van der Waals surface area (Å²) in [5, 5.41) is 0.959. The van der Waals surface area contributed by atoms with Crippen LogP contribution < -0.4 is 9.80 Å². The number of anilines is 2. The Kier molecular flexibility index (Phi) is 5.15. The van der Waals surface area contributed by atoms with Crippen molar-refractivity contribution in [3.63, 3.8) is 0 Å². The molecule has 0 spiro atoms. The number of piperidine rings is 1. The quantitative estimate of drug-likeness (QED) is 0.821. The van der Waals surface area contributed by atoms with Gasteiger partial charge in [-0.1, -0.05) is 0 Å². The monoisotopic (exact) mass is 373 g/mol. The highest BCUT2D eigenvalue weighted by Crippen LogP contribution is 2.32. The van der Waals surface area contributed by atoms with E-state index in [1.54, 1.807) is 0 Å². The SMILES string of the molecule is CCOC(=O)C1CCCCN1c1nc(N2CCOCC2)nc2[nH]c(C)cc12. The number of ether oxygens (including phenoxy) is 2. The number of hydrogen-bond acceptors (Lipinski definition) is 7. The normalized spacial score (nSPS) is 20.9. The number of aromatic amines is 1. The first-order valence-electron chi connectivity index (χ1n) is 9.80. The number of nitrogens with one attached hydrogen (secondary N) is 1. The van der Waals surface area contributed by atoms with Gasteiger partial charge in [0.25, 0.3) is 0 Å². The number of nitrogens with zero attached hydrogens (tertiary/aromatic N) is 4. The highest BCUT2D eigenvalue weighted by atomic mass is 16.5. The largest absolute Gasteiger partial charge is 0.464 e. The van der Waals surface area contributed by atoms with Crippen LogP contribution in [-0.4, -0.2) is 66.4 Å². The minimum absolute atomic E-state index is 0.163. The van der Waals surface area contributed by atoms with Gasteiger partial charge in [0.05, 0.1) is 25.2 Å². The van der Waals surface area contributed by atoms with E-state index in [9.17, 15) is 4.79 Å². The van der Waals surface area contributed by atoms with Gasteiger partial charge in [0.2, 0.25) is 5.95 Å². The molecule has 4 heterocycles. The van der Waals surface area contributed by atoms with E-state index in [2.05, 4.69) is 20.9 Å². The average Bonchev–Trinajstić information content (AvgIpc) is 3.08. The molecule has 2 aliphatic rings. The number of hydrogen-bond donors (Lipinski definition) is 1. The van der Waals surface area contributed by atoms with Gasteiger partial charge in [-0.25, -0.2) is 4.79 Å². The summed E-state index contributed by atoms with van der Waals surface area (Å²) in [4.78, 5) is 29.8. The van der Waals surface area contributed by atoms with Crippen molar-refractivity contribution < 1.29 is 14.3 Å². The number of aryl methyl sites for hydroxylation is 1. The van der Waals surface area contributed by atoms with Crippen molar-refractivity contribution in [2.45, 2.75) is 39.2 Å². The molecule has 146 valence electrons. The molecule has 2 aromatic heterocycles. The van der Waals surface area contributed by atoms with E-state index < -0.39 is 0 Å². The zero-order valence-corrected chi connectivity index (χ0v) is 16.0. The average molecular weight is 373 g/mol. The minimum Gasteiger partial charge on any atom is -0.464 e. The fourth-order valence-corrected chi connectivity index (χ4v) is 3.91. The van der Waals surface area contributed by atoms with Gasteiger partial charge in [-0.15, -0.1) is 0 Å². The number of rotatable bonds is 4. The Morgan fingerprint density at radius 1 is 1.30 bits per heavy atom. The molecule has 2 saturated heterocycles. The lowest BCUT2D eigenvalue weighted by molar-refractivity contribution is -0.145. The van der Waals surface area contributed by atoms with Crippen molar-refractivity contribution in [1.29, 1.82) is 0 Å². The zero-order valence-electron chi connectivity index (χ0n) is 16.0. The molecular weight excluding hydrogens is 346 g/mol. The summed E-state index contributed by atoms with van der Waals surface area (Å²) in [5.41, 5.74) is 1.84. The van der Waals surface area contributed by atoms with Crippen LogP contribution in [0.3, 0.4) is 0 Å². The molecule has 2 aliphatic heterocycles. The third-order valence-electron chi connectivity index (χ3n) is 5.22. The molecule has 27 heavy (non-hydrogen) atoms. The molecule has 0 amide bonds. The second-order valence-corrected chi connectivity index (χ2v) is 7.12. The Morgan fingerprint density at radius 2 is 2.11 bits per heavy atom. The van der Waals surface area contributed by atoms with E-state index in [1.807, 2.05) is 13.8 Å². The molecule has 0 aromatic carbocycles.